The molecule has 4 rings (SSSR count). The van der Waals surface area contributed by atoms with E-state index < -0.39 is 9.84 Å². The van der Waals surface area contributed by atoms with E-state index in [1.165, 1.54) is 47.7 Å². The molecule has 1 atom stereocenters. The van der Waals surface area contributed by atoms with Crippen LogP contribution < -0.4 is 4.90 Å². The number of carbonyl (C=O) groups excluding carboxylic acids is 1. The quantitative estimate of drug-likeness (QED) is 0.569. The summed E-state index contributed by atoms with van der Waals surface area (Å²) in [6.07, 6.45) is 1.68. The van der Waals surface area contributed by atoms with Gasteiger partial charge in [0.2, 0.25) is 0 Å². The van der Waals surface area contributed by atoms with Gasteiger partial charge in [-0.15, -0.1) is 0 Å². The summed E-state index contributed by atoms with van der Waals surface area (Å²) in [6.45, 7) is 2.56. The number of fused-ring (bicyclic) bond motifs is 1. The SMILES string of the molecule is CCS(=O)(=O)c1ccc(C(=O)N(CC2CCCO2)c2nc3ccc(F)cc3s2)cc1. The number of anilines is 1. The molecular weight excluding hydrogens is 427 g/mol. The van der Waals surface area contributed by atoms with Gasteiger partial charge in [-0.2, -0.15) is 0 Å². The van der Waals surface area contributed by atoms with Crippen LogP contribution in [0.3, 0.4) is 0 Å². The number of halogens is 1. The van der Waals surface area contributed by atoms with Crippen LogP contribution in [0.5, 0.6) is 0 Å². The number of rotatable bonds is 6. The molecule has 0 radical (unpaired) electrons. The number of nitrogens with zero attached hydrogens (tertiary/aromatic N) is 2. The van der Waals surface area contributed by atoms with Gasteiger partial charge in [0.1, 0.15) is 5.82 Å². The third-order valence-electron chi connectivity index (χ3n) is 5.07. The van der Waals surface area contributed by atoms with E-state index in [0.29, 0.717) is 34.1 Å². The molecule has 1 saturated heterocycles. The van der Waals surface area contributed by atoms with E-state index in [4.69, 9.17) is 4.74 Å². The number of carbonyl (C=O) groups is 1. The molecule has 2 aromatic carbocycles. The number of amides is 1. The lowest BCUT2D eigenvalue weighted by molar-refractivity contribution is 0.0917. The van der Waals surface area contributed by atoms with Gasteiger partial charge in [0.05, 0.1) is 33.5 Å². The number of aromatic nitrogens is 1. The monoisotopic (exact) mass is 448 g/mol. The first-order valence-corrected chi connectivity index (χ1v) is 12.2. The van der Waals surface area contributed by atoms with Gasteiger partial charge in [-0.1, -0.05) is 18.3 Å². The molecule has 3 aromatic rings. The van der Waals surface area contributed by atoms with Crippen molar-refractivity contribution in [2.24, 2.45) is 0 Å². The predicted octanol–water partition coefficient (Wildman–Crippen LogP) is 4.05. The Labute approximate surface area is 178 Å². The first kappa shape index (κ1) is 20.9. The highest BCUT2D eigenvalue weighted by Gasteiger charge is 2.27. The highest BCUT2D eigenvalue weighted by molar-refractivity contribution is 7.91. The number of hydrogen-bond donors (Lipinski definition) is 0. The molecule has 1 unspecified atom stereocenters. The number of sulfone groups is 1. The van der Waals surface area contributed by atoms with E-state index >= 15 is 0 Å². The molecule has 1 aliphatic rings. The van der Waals surface area contributed by atoms with Gasteiger partial charge in [0.15, 0.2) is 15.0 Å². The average Bonchev–Trinajstić information content (AvgIpc) is 3.40. The highest BCUT2D eigenvalue weighted by Crippen LogP contribution is 2.31. The van der Waals surface area contributed by atoms with Crippen molar-refractivity contribution in [1.29, 1.82) is 0 Å². The Morgan fingerprint density at radius 2 is 2.03 bits per heavy atom. The number of thiazole rings is 1. The van der Waals surface area contributed by atoms with Crippen LogP contribution in [0.2, 0.25) is 0 Å². The maximum Gasteiger partial charge on any atom is 0.260 e. The summed E-state index contributed by atoms with van der Waals surface area (Å²) in [7, 11) is -3.34. The Morgan fingerprint density at radius 1 is 1.27 bits per heavy atom. The fraction of sp³-hybridized carbons (Fsp3) is 0.333. The van der Waals surface area contributed by atoms with Crippen molar-refractivity contribution >= 4 is 42.4 Å². The Balaban J connectivity index is 1.68. The fourth-order valence-electron chi connectivity index (χ4n) is 3.37. The van der Waals surface area contributed by atoms with Gasteiger partial charge in [0, 0.05) is 12.2 Å². The predicted molar refractivity (Wildman–Crippen MR) is 114 cm³/mol. The lowest BCUT2D eigenvalue weighted by Gasteiger charge is -2.23. The summed E-state index contributed by atoms with van der Waals surface area (Å²) in [5.41, 5.74) is 0.972. The van der Waals surface area contributed by atoms with Crippen LogP contribution in [-0.2, 0) is 14.6 Å². The maximum absolute atomic E-state index is 13.6. The van der Waals surface area contributed by atoms with Crippen molar-refractivity contribution in [2.45, 2.75) is 30.8 Å². The van der Waals surface area contributed by atoms with Crippen molar-refractivity contribution < 1.29 is 22.3 Å². The van der Waals surface area contributed by atoms with Crippen LogP contribution in [-0.4, -0.2) is 44.3 Å². The minimum atomic E-state index is -3.34. The third-order valence-corrected chi connectivity index (χ3v) is 7.86. The second-order valence-corrected chi connectivity index (χ2v) is 10.4. The highest BCUT2D eigenvalue weighted by atomic mass is 32.2. The summed E-state index contributed by atoms with van der Waals surface area (Å²) in [5, 5.41) is 0.460. The molecule has 0 aliphatic carbocycles. The van der Waals surface area contributed by atoms with E-state index in [-0.39, 0.29) is 28.5 Å². The Morgan fingerprint density at radius 3 is 2.70 bits per heavy atom. The van der Waals surface area contributed by atoms with Crippen molar-refractivity contribution in [2.75, 3.05) is 23.8 Å². The maximum atomic E-state index is 13.6. The lowest BCUT2D eigenvalue weighted by Crippen LogP contribution is -2.37. The second-order valence-electron chi connectivity index (χ2n) is 7.09. The molecular formula is C21H21FN2O4S2. The van der Waals surface area contributed by atoms with E-state index in [9.17, 15) is 17.6 Å². The van der Waals surface area contributed by atoms with Gasteiger partial charge < -0.3 is 4.74 Å². The number of ether oxygens (including phenoxy) is 1. The molecule has 1 fully saturated rings. The minimum Gasteiger partial charge on any atom is -0.376 e. The summed E-state index contributed by atoms with van der Waals surface area (Å²) >= 11 is 1.24. The molecule has 9 heteroatoms. The second kappa shape index (κ2) is 8.41. The van der Waals surface area contributed by atoms with Crippen LogP contribution in [0.25, 0.3) is 10.2 Å². The van der Waals surface area contributed by atoms with Gasteiger partial charge in [-0.25, -0.2) is 17.8 Å². The lowest BCUT2D eigenvalue weighted by atomic mass is 10.2. The van der Waals surface area contributed by atoms with Crippen molar-refractivity contribution in [3.63, 3.8) is 0 Å². The standard InChI is InChI=1S/C21H21FN2O4S2/c1-2-30(26,27)17-8-5-14(6-9-17)20(25)24(13-16-4-3-11-28-16)21-23-18-10-7-15(22)12-19(18)29-21/h5-10,12,16H,2-4,11,13H2,1H3. The molecule has 158 valence electrons. The van der Waals surface area contributed by atoms with Gasteiger partial charge in [-0.05, 0) is 55.3 Å². The molecule has 0 bridgehead atoms. The van der Waals surface area contributed by atoms with Crippen molar-refractivity contribution in [1.82, 2.24) is 4.98 Å². The fourth-order valence-corrected chi connectivity index (χ4v) is 5.25. The summed E-state index contributed by atoms with van der Waals surface area (Å²) in [6, 6.07) is 10.2. The molecule has 0 N–H and O–H groups in total. The van der Waals surface area contributed by atoms with E-state index in [0.717, 1.165) is 12.8 Å². The Hall–Kier alpha value is -2.36. The summed E-state index contributed by atoms with van der Waals surface area (Å²) in [4.78, 5) is 19.6. The number of hydrogen-bond acceptors (Lipinski definition) is 6. The largest absolute Gasteiger partial charge is 0.376 e. The zero-order chi connectivity index (χ0) is 21.3. The van der Waals surface area contributed by atoms with Gasteiger partial charge in [-0.3, -0.25) is 9.69 Å². The van der Waals surface area contributed by atoms with E-state index in [1.54, 1.807) is 17.9 Å². The molecule has 2 heterocycles. The van der Waals surface area contributed by atoms with E-state index in [1.807, 2.05) is 0 Å². The minimum absolute atomic E-state index is 0.00625. The first-order chi connectivity index (χ1) is 14.4. The van der Waals surface area contributed by atoms with Crippen LogP contribution in [0.1, 0.15) is 30.1 Å². The molecule has 30 heavy (non-hydrogen) atoms. The van der Waals surface area contributed by atoms with Crippen molar-refractivity contribution in [3.05, 3.63) is 53.8 Å². The molecule has 1 amide bonds. The zero-order valence-corrected chi connectivity index (χ0v) is 18.0. The zero-order valence-electron chi connectivity index (χ0n) is 16.4. The normalized spacial score (nSPS) is 16.8. The Bertz CT molecular complexity index is 1170. The molecule has 0 saturated carbocycles. The molecule has 6 nitrogen and oxygen atoms in total. The number of benzene rings is 2. The summed E-state index contributed by atoms with van der Waals surface area (Å²) in [5.74, 6) is -0.666. The van der Waals surface area contributed by atoms with Crippen LogP contribution >= 0.6 is 11.3 Å². The van der Waals surface area contributed by atoms with Crippen LogP contribution in [0.4, 0.5) is 9.52 Å². The van der Waals surface area contributed by atoms with Gasteiger partial charge in [0.25, 0.3) is 5.91 Å². The topological polar surface area (TPSA) is 76.6 Å². The van der Waals surface area contributed by atoms with Crippen molar-refractivity contribution in [3.8, 4) is 0 Å². The first-order valence-electron chi connectivity index (χ1n) is 9.70. The van der Waals surface area contributed by atoms with E-state index in [2.05, 4.69) is 4.98 Å². The average molecular weight is 449 g/mol. The molecule has 0 spiro atoms. The van der Waals surface area contributed by atoms with Gasteiger partial charge >= 0.3 is 0 Å². The molecule has 1 aromatic heterocycles. The van der Waals surface area contributed by atoms with Crippen LogP contribution in [0.15, 0.2) is 47.4 Å². The Kier molecular flexibility index (Phi) is 5.86. The third kappa shape index (κ3) is 4.23. The molecule has 1 aliphatic heterocycles. The van der Waals surface area contributed by atoms with Crippen LogP contribution in [0, 0.1) is 5.82 Å². The smallest absolute Gasteiger partial charge is 0.260 e. The summed E-state index contributed by atoms with van der Waals surface area (Å²) < 4.78 is 44.0.